The molecule has 112 valence electrons. The van der Waals surface area contributed by atoms with Crippen molar-refractivity contribution in [1.82, 2.24) is 15.5 Å². The Morgan fingerprint density at radius 1 is 1.05 bits per heavy atom. The number of likely N-dealkylation sites (N-methyl/N-ethyl adjacent to an activating group) is 1. The minimum Gasteiger partial charge on any atom is -0.350 e. The predicted octanol–water partition coefficient (Wildman–Crippen LogP) is 1.14. The first-order chi connectivity index (χ1) is 8.62. The van der Waals surface area contributed by atoms with Crippen LogP contribution in [0.15, 0.2) is 0 Å². The van der Waals surface area contributed by atoms with Crippen LogP contribution in [0.2, 0.25) is 0 Å². The van der Waals surface area contributed by atoms with Gasteiger partial charge >= 0.3 is 0 Å². The molecule has 0 bridgehead atoms. The maximum absolute atomic E-state index is 12.1. The quantitative estimate of drug-likeness (QED) is 0.761. The standard InChI is InChI=1S/C14H29N3O2/c1-8-17(9-2)13(19)11(4)15-10(3)12(18)16-14(5,6)7/h10-11,15H,8-9H2,1-7H3,(H,16,18). The highest BCUT2D eigenvalue weighted by molar-refractivity contribution is 5.85. The SMILES string of the molecule is CCN(CC)C(=O)C(C)NC(C)C(=O)NC(C)(C)C. The van der Waals surface area contributed by atoms with Crippen molar-refractivity contribution in [3.05, 3.63) is 0 Å². The van der Waals surface area contributed by atoms with Crippen LogP contribution in [0.5, 0.6) is 0 Å². The number of nitrogens with one attached hydrogen (secondary N) is 2. The molecule has 0 rings (SSSR count). The highest BCUT2D eigenvalue weighted by Crippen LogP contribution is 2.01. The van der Waals surface area contributed by atoms with Crippen LogP contribution in [-0.2, 0) is 9.59 Å². The third-order valence-electron chi connectivity index (χ3n) is 2.84. The second-order valence-corrected chi connectivity index (χ2v) is 5.86. The van der Waals surface area contributed by atoms with Crippen molar-refractivity contribution in [2.45, 2.75) is 66.1 Å². The highest BCUT2D eigenvalue weighted by atomic mass is 16.2. The van der Waals surface area contributed by atoms with E-state index < -0.39 is 6.04 Å². The molecule has 19 heavy (non-hydrogen) atoms. The monoisotopic (exact) mass is 271 g/mol. The fraction of sp³-hybridized carbons (Fsp3) is 0.857. The van der Waals surface area contributed by atoms with E-state index in [0.29, 0.717) is 13.1 Å². The molecule has 0 radical (unpaired) electrons. The van der Waals surface area contributed by atoms with Crippen LogP contribution in [0.4, 0.5) is 0 Å². The Kier molecular flexibility index (Phi) is 7.05. The van der Waals surface area contributed by atoms with Crippen LogP contribution in [0, 0.1) is 0 Å². The summed E-state index contributed by atoms with van der Waals surface area (Å²) in [7, 11) is 0. The number of nitrogens with zero attached hydrogens (tertiary/aromatic N) is 1. The zero-order valence-electron chi connectivity index (χ0n) is 13.3. The molecule has 5 nitrogen and oxygen atoms in total. The Morgan fingerprint density at radius 3 is 1.89 bits per heavy atom. The second kappa shape index (κ2) is 7.48. The average Bonchev–Trinajstić information content (AvgIpc) is 2.27. The van der Waals surface area contributed by atoms with Crippen LogP contribution < -0.4 is 10.6 Å². The van der Waals surface area contributed by atoms with Gasteiger partial charge in [-0.05, 0) is 48.5 Å². The first kappa shape index (κ1) is 17.9. The molecule has 0 heterocycles. The van der Waals surface area contributed by atoms with Crippen molar-refractivity contribution >= 4 is 11.8 Å². The molecule has 2 amide bonds. The summed E-state index contributed by atoms with van der Waals surface area (Å²) in [6.45, 7) is 14.6. The maximum Gasteiger partial charge on any atom is 0.239 e. The Hall–Kier alpha value is -1.10. The zero-order valence-corrected chi connectivity index (χ0v) is 13.3. The smallest absolute Gasteiger partial charge is 0.239 e. The van der Waals surface area contributed by atoms with Gasteiger partial charge in [-0.15, -0.1) is 0 Å². The van der Waals surface area contributed by atoms with Crippen LogP contribution in [0.1, 0.15) is 48.5 Å². The summed E-state index contributed by atoms with van der Waals surface area (Å²) in [5.74, 6) is -0.0629. The number of hydrogen-bond acceptors (Lipinski definition) is 3. The summed E-state index contributed by atoms with van der Waals surface area (Å²) < 4.78 is 0. The fourth-order valence-electron chi connectivity index (χ4n) is 1.81. The van der Waals surface area contributed by atoms with E-state index in [4.69, 9.17) is 0 Å². The van der Waals surface area contributed by atoms with Crippen molar-refractivity contribution in [2.24, 2.45) is 0 Å². The van der Waals surface area contributed by atoms with Gasteiger partial charge in [0.1, 0.15) is 0 Å². The Bertz CT molecular complexity index is 306. The second-order valence-electron chi connectivity index (χ2n) is 5.86. The molecule has 0 aromatic heterocycles. The van der Waals surface area contributed by atoms with E-state index in [-0.39, 0.29) is 23.4 Å². The van der Waals surface area contributed by atoms with Gasteiger partial charge in [-0.25, -0.2) is 0 Å². The third-order valence-corrected chi connectivity index (χ3v) is 2.84. The van der Waals surface area contributed by atoms with E-state index in [1.165, 1.54) is 0 Å². The third kappa shape index (κ3) is 6.57. The zero-order chi connectivity index (χ0) is 15.2. The lowest BCUT2D eigenvalue weighted by atomic mass is 10.1. The molecule has 0 fully saturated rings. The van der Waals surface area contributed by atoms with Crippen LogP contribution in [0.25, 0.3) is 0 Å². The maximum atomic E-state index is 12.1. The molecule has 0 aliphatic carbocycles. The van der Waals surface area contributed by atoms with Crippen molar-refractivity contribution in [1.29, 1.82) is 0 Å². The minimum atomic E-state index is -0.395. The molecule has 0 aliphatic heterocycles. The van der Waals surface area contributed by atoms with Gasteiger partial charge in [0.15, 0.2) is 0 Å². The molecule has 2 N–H and O–H groups in total. The molecule has 0 saturated heterocycles. The summed E-state index contributed by atoms with van der Waals surface area (Å²) in [6.07, 6.45) is 0. The number of carbonyl (C=O) groups excluding carboxylic acids is 2. The number of hydrogen-bond donors (Lipinski definition) is 2. The summed E-state index contributed by atoms with van der Waals surface area (Å²) in [4.78, 5) is 25.8. The summed E-state index contributed by atoms with van der Waals surface area (Å²) in [6, 6.07) is -0.755. The molecular weight excluding hydrogens is 242 g/mol. The van der Waals surface area contributed by atoms with Gasteiger partial charge in [0.05, 0.1) is 12.1 Å². The highest BCUT2D eigenvalue weighted by Gasteiger charge is 2.24. The molecule has 2 unspecified atom stereocenters. The predicted molar refractivity (Wildman–Crippen MR) is 77.9 cm³/mol. The Labute approximate surface area is 117 Å². The van der Waals surface area contributed by atoms with Crippen LogP contribution >= 0.6 is 0 Å². The van der Waals surface area contributed by atoms with Crippen molar-refractivity contribution in [3.63, 3.8) is 0 Å². The van der Waals surface area contributed by atoms with Crippen LogP contribution in [0.3, 0.4) is 0 Å². The van der Waals surface area contributed by atoms with Gasteiger partial charge < -0.3 is 10.2 Å². The normalized spacial score (nSPS) is 14.7. The molecule has 5 heteroatoms. The van der Waals surface area contributed by atoms with Gasteiger partial charge in [-0.2, -0.15) is 0 Å². The molecule has 2 atom stereocenters. The molecular formula is C14H29N3O2. The fourth-order valence-corrected chi connectivity index (χ4v) is 1.81. The van der Waals surface area contributed by atoms with Gasteiger partial charge in [0.2, 0.25) is 11.8 Å². The molecule has 0 aliphatic rings. The minimum absolute atomic E-state index is 0.0282. The Balaban J connectivity index is 4.43. The average molecular weight is 271 g/mol. The van der Waals surface area contributed by atoms with E-state index in [1.54, 1.807) is 18.7 Å². The van der Waals surface area contributed by atoms with E-state index in [2.05, 4.69) is 10.6 Å². The van der Waals surface area contributed by atoms with E-state index in [9.17, 15) is 9.59 Å². The van der Waals surface area contributed by atoms with E-state index in [1.807, 2.05) is 34.6 Å². The van der Waals surface area contributed by atoms with E-state index >= 15 is 0 Å². The Morgan fingerprint density at radius 2 is 1.53 bits per heavy atom. The number of carbonyl (C=O) groups is 2. The lowest BCUT2D eigenvalue weighted by Gasteiger charge is -2.27. The van der Waals surface area contributed by atoms with Gasteiger partial charge in [-0.3, -0.25) is 14.9 Å². The molecule has 0 aromatic rings. The van der Waals surface area contributed by atoms with Gasteiger partial charge in [0, 0.05) is 18.6 Å². The first-order valence-corrected chi connectivity index (χ1v) is 6.99. The lowest BCUT2D eigenvalue weighted by molar-refractivity contribution is -0.133. The van der Waals surface area contributed by atoms with Gasteiger partial charge in [0.25, 0.3) is 0 Å². The first-order valence-electron chi connectivity index (χ1n) is 6.99. The van der Waals surface area contributed by atoms with Gasteiger partial charge in [-0.1, -0.05) is 0 Å². The topological polar surface area (TPSA) is 61.4 Å². The van der Waals surface area contributed by atoms with Crippen molar-refractivity contribution < 1.29 is 9.59 Å². The largest absolute Gasteiger partial charge is 0.350 e. The molecule has 0 saturated carbocycles. The van der Waals surface area contributed by atoms with Crippen molar-refractivity contribution in [3.8, 4) is 0 Å². The number of amides is 2. The van der Waals surface area contributed by atoms with Crippen molar-refractivity contribution in [2.75, 3.05) is 13.1 Å². The lowest BCUT2D eigenvalue weighted by Crippen LogP contribution is -2.54. The summed E-state index contributed by atoms with van der Waals surface area (Å²) in [5.41, 5.74) is -0.265. The number of rotatable bonds is 6. The molecule has 0 aromatic carbocycles. The summed E-state index contributed by atoms with van der Waals surface area (Å²) in [5, 5.41) is 5.94. The van der Waals surface area contributed by atoms with E-state index in [0.717, 1.165) is 0 Å². The summed E-state index contributed by atoms with van der Waals surface area (Å²) >= 11 is 0. The van der Waals surface area contributed by atoms with Crippen LogP contribution in [-0.4, -0.2) is 47.4 Å². The molecule has 0 spiro atoms.